The molecule has 1 heterocycles. The van der Waals surface area contributed by atoms with Gasteiger partial charge >= 0.3 is 5.97 Å². The van der Waals surface area contributed by atoms with Crippen LogP contribution in [0.4, 0.5) is 5.82 Å². The van der Waals surface area contributed by atoms with E-state index in [2.05, 4.69) is 10.9 Å². The first-order valence-corrected chi connectivity index (χ1v) is 5.99. The maximum absolute atomic E-state index is 11.4. The van der Waals surface area contributed by atoms with Crippen molar-refractivity contribution in [3.05, 3.63) is 35.9 Å². The zero-order valence-corrected chi connectivity index (χ0v) is 10.6. The minimum absolute atomic E-state index is 0.177. The number of carbonyl (C=O) groups is 1. The third kappa shape index (κ3) is 2.50. The van der Waals surface area contributed by atoms with Gasteiger partial charge in [-0.15, -0.1) is 6.42 Å². The highest BCUT2D eigenvalue weighted by Gasteiger charge is 2.17. The van der Waals surface area contributed by atoms with Crippen molar-refractivity contribution < 1.29 is 9.90 Å². The molecule has 2 rings (SSSR count). The highest BCUT2D eigenvalue weighted by atomic mass is 16.4. The summed E-state index contributed by atoms with van der Waals surface area (Å²) >= 11 is 0. The van der Waals surface area contributed by atoms with Crippen LogP contribution in [0.25, 0.3) is 10.9 Å². The Bertz CT molecular complexity index is 659. The standard InChI is InChI=1S/C15H14N2O2/c1-3-9-17(4-2)14-12(15(18)19)10-11-7-5-6-8-13(11)16-14/h1,5-8,10H,4,9H2,2H3,(H,18,19). The Labute approximate surface area is 111 Å². The second kappa shape index (κ2) is 5.40. The number of hydrogen-bond acceptors (Lipinski definition) is 3. The number of terminal acetylenes is 1. The number of carboxylic acid groups (broad SMARTS) is 1. The first-order valence-electron chi connectivity index (χ1n) is 5.99. The molecule has 1 N–H and O–H groups in total. The van der Waals surface area contributed by atoms with Gasteiger partial charge in [0, 0.05) is 11.9 Å². The lowest BCUT2D eigenvalue weighted by Gasteiger charge is -2.21. The number of pyridine rings is 1. The van der Waals surface area contributed by atoms with Crippen LogP contribution >= 0.6 is 0 Å². The van der Waals surface area contributed by atoms with Gasteiger partial charge in [-0.25, -0.2) is 9.78 Å². The Kier molecular flexibility index (Phi) is 3.67. The molecule has 1 aromatic carbocycles. The van der Waals surface area contributed by atoms with Crippen LogP contribution in [0.1, 0.15) is 17.3 Å². The maximum Gasteiger partial charge on any atom is 0.339 e. The minimum Gasteiger partial charge on any atom is -0.478 e. The summed E-state index contributed by atoms with van der Waals surface area (Å²) in [5.41, 5.74) is 0.939. The van der Waals surface area contributed by atoms with Crippen LogP contribution in [0.5, 0.6) is 0 Å². The molecular formula is C15H14N2O2. The third-order valence-corrected chi connectivity index (χ3v) is 2.90. The maximum atomic E-state index is 11.4. The van der Waals surface area contributed by atoms with E-state index in [0.29, 0.717) is 18.9 Å². The fourth-order valence-corrected chi connectivity index (χ4v) is 1.95. The number of benzene rings is 1. The lowest BCUT2D eigenvalue weighted by molar-refractivity contribution is 0.0697. The van der Waals surface area contributed by atoms with E-state index < -0.39 is 5.97 Å². The molecule has 4 heteroatoms. The predicted octanol–water partition coefficient (Wildman–Crippen LogP) is 2.39. The molecule has 0 atom stereocenters. The quantitative estimate of drug-likeness (QED) is 0.851. The zero-order valence-electron chi connectivity index (χ0n) is 10.6. The molecule has 0 saturated heterocycles. The van der Waals surface area contributed by atoms with Crippen molar-refractivity contribution in [2.24, 2.45) is 0 Å². The lowest BCUT2D eigenvalue weighted by atomic mass is 10.1. The van der Waals surface area contributed by atoms with E-state index in [1.807, 2.05) is 31.2 Å². The van der Waals surface area contributed by atoms with E-state index in [1.165, 1.54) is 0 Å². The van der Waals surface area contributed by atoms with Crippen molar-refractivity contribution in [3.8, 4) is 12.3 Å². The van der Waals surface area contributed by atoms with Crippen molar-refractivity contribution >= 4 is 22.7 Å². The second-order valence-electron chi connectivity index (χ2n) is 4.08. The van der Waals surface area contributed by atoms with Crippen molar-refractivity contribution in [2.45, 2.75) is 6.92 Å². The van der Waals surface area contributed by atoms with Gasteiger partial charge in [0.05, 0.1) is 12.1 Å². The molecule has 0 bridgehead atoms. The largest absolute Gasteiger partial charge is 0.478 e. The normalized spacial score (nSPS) is 10.1. The second-order valence-corrected chi connectivity index (χ2v) is 4.08. The van der Waals surface area contributed by atoms with E-state index >= 15 is 0 Å². The van der Waals surface area contributed by atoms with Crippen LogP contribution in [0.15, 0.2) is 30.3 Å². The van der Waals surface area contributed by atoms with Crippen LogP contribution in [-0.2, 0) is 0 Å². The van der Waals surface area contributed by atoms with Crippen molar-refractivity contribution in [1.29, 1.82) is 0 Å². The molecule has 19 heavy (non-hydrogen) atoms. The van der Waals surface area contributed by atoms with Gasteiger partial charge in [0.25, 0.3) is 0 Å². The lowest BCUT2D eigenvalue weighted by Crippen LogP contribution is -2.26. The number of carboxylic acids is 1. The topological polar surface area (TPSA) is 53.4 Å². The molecule has 96 valence electrons. The third-order valence-electron chi connectivity index (χ3n) is 2.90. The summed E-state index contributed by atoms with van der Waals surface area (Å²) in [7, 11) is 0. The summed E-state index contributed by atoms with van der Waals surface area (Å²) in [5, 5.41) is 10.1. The van der Waals surface area contributed by atoms with E-state index in [-0.39, 0.29) is 5.56 Å². The molecule has 0 radical (unpaired) electrons. The Morgan fingerprint density at radius 1 is 1.47 bits per heavy atom. The first-order chi connectivity index (χ1) is 9.17. The average Bonchev–Trinajstić information content (AvgIpc) is 2.43. The minimum atomic E-state index is -0.997. The van der Waals surface area contributed by atoms with Crippen LogP contribution in [0, 0.1) is 12.3 Å². The average molecular weight is 254 g/mol. The van der Waals surface area contributed by atoms with Crippen molar-refractivity contribution in [1.82, 2.24) is 4.98 Å². The summed E-state index contributed by atoms with van der Waals surface area (Å²) in [6.07, 6.45) is 5.31. The van der Waals surface area contributed by atoms with Crippen LogP contribution in [0.2, 0.25) is 0 Å². The molecule has 0 amide bonds. The van der Waals surface area contributed by atoms with Gasteiger partial charge in [0.2, 0.25) is 0 Å². The number of fused-ring (bicyclic) bond motifs is 1. The van der Waals surface area contributed by atoms with Gasteiger partial charge in [-0.3, -0.25) is 0 Å². The molecule has 0 unspecified atom stereocenters. The van der Waals surface area contributed by atoms with Crippen molar-refractivity contribution in [2.75, 3.05) is 18.0 Å². The van der Waals surface area contributed by atoms with E-state index in [4.69, 9.17) is 6.42 Å². The summed E-state index contributed by atoms with van der Waals surface area (Å²) in [6, 6.07) is 9.06. The molecule has 0 aliphatic heterocycles. The van der Waals surface area contributed by atoms with Gasteiger partial charge in [-0.1, -0.05) is 24.1 Å². The number of hydrogen-bond donors (Lipinski definition) is 1. The molecule has 2 aromatic rings. The monoisotopic (exact) mass is 254 g/mol. The van der Waals surface area contributed by atoms with Crippen LogP contribution in [0.3, 0.4) is 0 Å². The van der Waals surface area contributed by atoms with Gasteiger partial charge in [-0.05, 0) is 19.1 Å². The number of nitrogens with zero attached hydrogens (tertiary/aromatic N) is 2. The molecule has 0 aliphatic rings. The number of para-hydroxylation sites is 1. The Morgan fingerprint density at radius 3 is 2.84 bits per heavy atom. The Balaban J connectivity index is 2.66. The molecule has 0 aliphatic carbocycles. The number of aromatic carboxylic acids is 1. The van der Waals surface area contributed by atoms with Crippen molar-refractivity contribution in [3.63, 3.8) is 0 Å². The molecule has 0 fully saturated rings. The van der Waals surface area contributed by atoms with E-state index in [0.717, 1.165) is 10.9 Å². The SMILES string of the molecule is C#CCN(CC)c1nc2ccccc2cc1C(=O)O. The molecule has 1 aromatic heterocycles. The summed E-state index contributed by atoms with van der Waals surface area (Å²) in [5.74, 6) is 1.95. The smallest absolute Gasteiger partial charge is 0.339 e. The molecule has 0 saturated carbocycles. The van der Waals surface area contributed by atoms with E-state index in [9.17, 15) is 9.90 Å². The molecule has 4 nitrogen and oxygen atoms in total. The highest BCUT2D eigenvalue weighted by molar-refractivity contribution is 5.98. The Morgan fingerprint density at radius 2 is 2.21 bits per heavy atom. The van der Waals surface area contributed by atoms with Gasteiger partial charge < -0.3 is 10.0 Å². The van der Waals surface area contributed by atoms with Crippen LogP contribution < -0.4 is 4.90 Å². The fourth-order valence-electron chi connectivity index (χ4n) is 1.95. The van der Waals surface area contributed by atoms with Crippen LogP contribution in [-0.4, -0.2) is 29.1 Å². The first kappa shape index (κ1) is 12.9. The molecule has 0 spiro atoms. The summed E-state index contributed by atoms with van der Waals surface area (Å²) in [6.45, 7) is 2.86. The van der Waals surface area contributed by atoms with Gasteiger partial charge in [0.1, 0.15) is 11.4 Å². The number of rotatable bonds is 4. The fraction of sp³-hybridized carbons (Fsp3) is 0.200. The Hall–Kier alpha value is -2.54. The van der Waals surface area contributed by atoms with Gasteiger partial charge in [0.15, 0.2) is 0 Å². The summed E-state index contributed by atoms with van der Waals surface area (Å²) in [4.78, 5) is 17.6. The van der Waals surface area contributed by atoms with E-state index in [1.54, 1.807) is 11.0 Å². The number of aromatic nitrogens is 1. The predicted molar refractivity (Wildman–Crippen MR) is 75.4 cm³/mol. The zero-order chi connectivity index (χ0) is 13.8. The highest BCUT2D eigenvalue weighted by Crippen LogP contribution is 2.23. The molecular weight excluding hydrogens is 240 g/mol. The number of anilines is 1. The van der Waals surface area contributed by atoms with Gasteiger partial charge in [-0.2, -0.15) is 0 Å². The summed E-state index contributed by atoms with van der Waals surface area (Å²) < 4.78 is 0.